The highest BCUT2D eigenvalue weighted by molar-refractivity contribution is 7.18. The Morgan fingerprint density at radius 1 is 1.21 bits per heavy atom. The molecular weight excluding hydrogens is 320 g/mol. The summed E-state index contributed by atoms with van der Waals surface area (Å²) in [6.07, 6.45) is 0.294. The highest BCUT2D eigenvalue weighted by Gasteiger charge is 2.12. The van der Waals surface area contributed by atoms with Crippen LogP contribution in [0.2, 0.25) is 0 Å². The third kappa shape index (κ3) is 4.12. The monoisotopic (exact) mass is 342 g/mol. The SMILES string of the molecule is COc1cccc([C@@H](O)CN[C@H](C)Cc2nc3ccccc3s2)c1. The lowest BCUT2D eigenvalue weighted by Crippen LogP contribution is -2.32. The van der Waals surface area contributed by atoms with Crippen molar-refractivity contribution in [2.45, 2.75) is 25.5 Å². The summed E-state index contributed by atoms with van der Waals surface area (Å²) in [4.78, 5) is 4.66. The van der Waals surface area contributed by atoms with Gasteiger partial charge in [0.15, 0.2) is 0 Å². The minimum atomic E-state index is -0.557. The fourth-order valence-electron chi connectivity index (χ4n) is 2.62. The molecule has 0 saturated carbocycles. The van der Waals surface area contributed by atoms with Crippen molar-refractivity contribution in [3.63, 3.8) is 0 Å². The largest absolute Gasteiger partial charge is 0.497 e. The molecule has 2 atom stereocenters. The Morgan fingerprint density at radius 2 is 2.04 bits per heavy atom. The maximum Gasteiger partial charge on any atom is 0.119 e. The van der Waals surface area contributed by atoms with Crippen LogP contribution in [0, 0.1) is 0 Å². The first-order valence-corrected chi connectivity index (χ1v) is 8.87. The van der Waals surface area contributed by atoms with Gasteiger partial charge < -0.3 is 15.2 Å². The normalized spacial score (nSPS) is 13.8. The molecule has 0 unspecified atom stereocenters. The first-order valence-electron chi connectivity index (χ1n) is 8.05. The van der Waals surface area contributed by atoms with E-state index in [2.05, 4.69) is 23.3 Å². The van der Waals surface area contributed by atoms with Crippen molar-refractivity contribution in [1.82, 2.24) is 10.3 Å². The van der Waals surface area contributed by atoms with E-state index in [-0.39, 0.29) is 6.04 Å². The summed E-state index contributed by atoms with van der Waals surface area (Å²) in [5.74, 6) is 0.758. The molecule has 0 aliphatic carbocycles. The predicted molar refractivity (Wildman–Crippen MR) is 98.7 cm³/mol. The minimum absolute atomic E-state index is 0.242. The van der Waals surface area contributed by atoms with Crippen LogP contribution in [0.25, 0.3) is 10.2 Å². The highest BCUT2D eigenvalue weighted by Crippen LogP contribution is 2.23. The first-order chi connectivity index (χ1) is 11.7. The number of fused-ring (bicyclic) bond motifs is 1. The molecule has 0 amide bonds. The standard InChI is InChI=1S/C19H22N2O2S/c1-13(10-19-21-16-8-3-4-9-18(16)24-19)20-12-17(22)14-6-5-7-15(11-14)23-2/h3-9,11,13,17,20,22H,10,12H2,1-2H3/t13-,17+/m1/s1. The topological polar surface area (TPSA) is 54.4 Å². The van der Waals surface area contributed by atoms with Crippen molar-refractivity contribution in [3.05, 3.63) is 59.1 Å². The maximum atomic E-state index is 10.3. The van der Waals surface area contributed by atoms with Crippen LogP contribution in [0.15, 0.2) is 48.5 Å². The molecule has 0 aliphatic rings. The molecule has 0 radical (unpaired) electrons. The van der Waals surface area contributed by atoms with Crippen molar-refractivity contribution in [3.8, 4) is 5.75 Å². The Morgan fingerprint density at radius 3 is 2.83 bits per heavy atom. The van der Waals surface area contributed by atoms with Crippen molar-refractivity contribution in [1.29, 1.82) is 0 Å². The van der Waals surface area contributed by atoms with Gasteiger partial charge in [-0.3, -0.25) is 0 Å². The van der Waals surface area contributed by atoms with Gasteiger partial charge in [-0.2, -0.15) is 0 Å². The Kier molecular flexibility index (Phi) is 5.45. The average molecular weight is 342 g/mol. The van der Waals surface area contributed by atoms with E-state index in [0.29, 0.717) is 6.54 Å². The van der Waals surface area contributed by atoms with E-state index >= 15 is 0 Å². The highest BCUT2D eigenvalue weighted by atomic mass is 32.1. The zero-order valence-corrected chi connectivity index (χ0v) is 14.7. The van der Waals surface area contributed by atoms with E-state index in [4.69, 9.17) is 4.74 Å². The van der Waals surface area contributed by atoms with Gasteiger partial charge in [-0.15, -0.1) is 11.3 Å². The molecule has 126 valence electrons. The van der Waals surface area contributed by atoms with Crippen LogP contribution in [-0.2, 0) is 6.42 Å². The van der Waals surface area contributed by atoms with E-state index in [1.54, 1.807) is 18.4 Å². The van der Waals surface area contributed by atoms with Crippen LogP contribution in [0.5, 0.6) is 5.75 Å². The number of ether oxygens (including phenoxy) is 1. The first kappa shape index (κ1) is 16.9. The fourth-order valence-corrected chi connectivity index (χ4v) is 3.72. The maximum absolute atomic E-state index is 10.3. The summed E-state index contributed by atoms with van der Waals surface area (Å²) in [6.45, 7) is 2.61. The van der Waals surface area contributed by atoms with Crippen LogP contribution in [0.4, 0.5) is 0 Å². The molecule has 2 aromatic carbocycles. The summed E-state index contributed by atoms with van der Waals surface area (Å²) in [7, 11) is 1.63. The zero-order valence-electron chi connectivity index (χ0n) is 13.9. The van der Waals surface area contributed by atoms with Gasteiger partial charge in [0.1, 0.15) is 5.75 Å². The summed E-state index contributed by atoms with van der Waals surface area (Å²) >= 11 is 1.73. The number of rotatable bonds is 7. The summed E-state index contributed by atoms with van der Waals surface area (Å²) in [6, 6.07) is 16.0. The van der Waals surface area contributed by atoms with Gasteiger partial charge in [0.25, 0.3) is 0 Å². The lowest BCUT2D eigenvalue weighted by molar-refractivity contribution is 0.170. The number of aliphatic hydroxyl groups is 1. The van der Waals surface area contributed by atoms with Gasteiger partial charge in [-0.05, 0) is 36.8 Å². The smallest absolute Gasteiger partial charge is 0.119 e. The summed E-state index contributed by atoms with van der Waals surface area (Å²) in [5, 5.41) is 14.8. The number of benzene rings is 2. The van der Waals surface area contributed by atoms with Crippen molar-refractivity contribution < 1.29 is 9.84 Å². The van der Waals surface area contributed by atoms with E-state index < -0.39 is 6.10 Å². The van der Waals surface area contributed by atoms with Gasteiger partial charge in [0, 0.05) is 19.0 Å². The second-order valence-electron chi connectivity index (χ2n) is 5.88. The van der Waals surface area contributed by atoms with Gasteiger partial charge >= 0.3 is 0 Å². The molecule has 0 aliphatic heterocycles. The Hall–Kier alpha value is -1.95. The number of hydrogen-bond donors (Lipinski definition) is 2. The Bertz CT molecular complexity index is 770. The number of aromatic nitrogens is 1. The third-order valence-electron chi connectivity index (χ3n) is 3.96. The van der Waals surface area contributed by atoms with Crippen LogP contribution < -0.4 is 10.1 Å². The molecule has 1 heterocycles. The number of para-hydroxylation sites is 1. The molecule has 0 bridgehead atoms. The van der Waals surface area contributed by atoms with Gasteiger partial charge in [0.2, 0.25) is 0 Å². The van der Waals surface area contributed by atoms with Crippen LogP contribution in [0.1, 0.15) is 23.6 Å². The molecule has 4 nitrogen and oxygen atoms in total. The number of methoxy groups -OCH3 is 1. The van der Waals surface area contributed by atoms with Gasteiger partial charge in [-0.1, -0.05) is 24.3 Å². The van der Waals surface area contributed by atoms with E-state index in [0.717, 1.165) is 28.3 Å². The van der Waals surface area contributed by atoms with Crippen LogP contribution in [-0.4, -0.2) is 29.8 Å². The minimum Gasteiger partial charge on any atom is -0.497 e. The third-order valence-corrected chi connectivity index (χ3v) is 5.02. The van der Waals surface area contributed by atoms with E-state index in [1.807, 2.05) is 42.5 Å². The molecule has 0 fully saturated rings. The predicted octanol–water partition coefficient (Wildman–Crippen LogP) is 3.56. The number of thiazole rings is 1. The molecular formula is C19H22N2O2S. The average Bonchev–Trinajstić information content (AvgIpc) is 3.01. The van der Waals surface area contributed by atoms with E-state index in [9.17, 15) is 5.11 Å². The number of aliphatic hydroxyl groups excluding tert-OH is 1. The molecule has 0 spiro atoms. The van der Waals surface area contributed by atoms with Crippen molar-refractivity contribution in [2.24, 2.45) is 0 Å². The molecule has 2 N–H and O–H groups in total. The number of hydrogen-bond acceptors (Lipinski definition) is 5. The molecule has 0 saturated heterocycles. The van der Waals surface area contributed by atoms with E-state index in [1.165, 1.54) is 4.70 Å². The fraction of sp³-hybridized carbons (Fsp3) is 0.316. The quantitative estimate of drug-likeness (QED) is 0.689. The summed E-state index contributed by atoms with van der Waals surface area (Å²) < 4.78 is 6.42. The lowest BCUT2D eigenvalue weighted by atomic mass is 10.1. The van der Waals surface area contributed by atoms with Crippen LogP contribution in [0.3, 0.4) is 0 Å². The molecule has 24 heavy (non-hydrogen) atoms. The van der Waals surface area contributed by atoms with Crippen LogP contribution >= 0.6 is 11.3 Å². The molecule has 1 aromatic heterocycles. The van der Waals surface area contributed by atoms with Gasteiger partial charge in [-0.25, -0.2) is 4.98 Å². The number of nitrogens with one attached hydrogen (secondary N) is 1. The number of nitrogens with zero attached hydrogens (tertiary/aromatic N) is 1. The van der Waals surface area contributed by atoms with Crippen molar-refractivity contribution >= 4 is 21.6 Å². The molecule has 3 aromatic rings. The van der Waals surface area contributed by atoms with Gasteiger partial charge in [0.05, 0.1) is 28.4 Å². The lowest BCUT2D eigenvalue weighted by Gasteiger charge is -2.17. The second kappa shape index (κ2) is 7.75. The van der Waals surface area contributed by atoms with Crippen molar-refractivity contribution in [2.75, 3.05) is 13.7 Å². The Labute approximate surface area is 146 Å². The second-order valence-corrected chi connectivity index (χ2v) is 7.00. The Balaban J connectivity index is 1.55. The summed E-state index contributed by atoms with van der Waals surface area (Å²) in [5.41, 5.74) is 1.91. The molecule has 3 rings (SSSR count). The molecule has 5 heteroatoms. The zero-order chi connectivity index (χ0) is 16.9.